The van der Waals surface area contributed by atoms with Crippen molar-refractivity contribution in [3.05, 3.63) is 59.7 Å². The fourth-order valence-corrected chi connectivity index (χ4v) is 3.84. The van der Waals surface area contributed by atoms with E-state index in [0.717, 1.165) is 49.3 Å². The number of fused-ring (bicyclic) bond motifs is 1. The third kappa shape index (κ3) is 4.25. The van der Waals surface area contributed by atoms with E-state index in [4.69, 9.17) is 14.6 Å². The molecule has 0 aromatic heterocycles. The molecule has 142 valence electrons. The third-order valence-corrected chi connectivity index (χ3v) is 5.53. The summed E-state index contributed by atoms with van der Waals surface area (Å²) in [5.41, 5.74) is 2.33. The number of benzene rings is 2. The van der Waals surface area contributed by atoms with Crippen molar-refractivity contribution >= 4 is 5.97 Å². The molecule has 2 aliphatic rings. The van der Waals surface area contributed by atoms with Gasteiger partial charge in [-0.1, -0.05) is 36.4 Å². The van der Waals surface area contributed by atoms with Crippen molar-refractivity contribution < 1.29 is 19.4 Å². The SMILES string of the molecule is O=C(O)[C@H]1CC[C@H](NCc2ccc([C@H]3COc4ccccc4O3)cc2)CC1. The highest BCUT2D eigenvalue weighted by Crippen LogP contribution is 2.35. The monoisotopic (exact) mass is 367 g/mol. The number of carboxylic acid groups (broad SMARTS) is 1. The highest BCUT2D eigenvalue weighted by Gasteiger charge is 2.25. The van der Waals surface area contributed by atoms with Gasteiger partial charge in [0.1, 0.15) is 6.61 Å². The molecule has 2 N–H and O–H groups in total. The van der Waals surface area contributed by atoms with Gasteiger partial charge >= 0.3 is 5.97 Å². The van der Waals surface area contributed by atoms with E-state index in [-0.39, 0.29) is 12.0 Å². The first-order valence-electron chi connectivity index (χ1n) is 9.62. The first-order valence-corrected chi connectivity index (χ1v) is 9.62. The molecule has 5 heteroatoms. The molecule has 1 fully saturated rings. The van der Waals surface area contributed by atoms with Gasteiger partial charge in [-0.15, -0.1) is 0 Å². The standard InChI is InChI=1S/C22H25NO4/c24-22(25)17-9-11-18(12-10-17)23-13-15-5-7-16(8-6-15)21-14-26-19-3-1-2-4-20(19)27-21/h1-8,17-18,21,23H,9-14H2,(H,24,25)/t17-,18-,21-/m1/s1. The molecule has 2 aromatic rings. The maximum Gasteiger partial charge on any atom is 0.306 e. The summed E-state index contributed by atoms with van der Waals surface area (Å²) in [6.07, 6.45) is 3.32. The minimum atomic E-state index is -0.652. The Balaban J connectivity index is 1.29. The summed E-state index contributed by atoms with van der Waals surface area (Å²) in [5.74, 6) is 0.773. The number of nitrogens with one attached hydrogen (secondary N) is 1. The molecule has 0 amide bonds. The summed E-state index contributed by atoms with van der Waals surface area (Å²) in [7, 11) is 0. The highest BCUT2D eigenvalue weighted by atomic mass is 16.6. The molecule has 0 saturated heterocycles. The van der Waals surface area contributed by atoms with E-state index in [1.807, 2.05) is 24.3 Å². The smallest absolute Gasteiger partial charge is 0.306 e. The van der Waals surface area contributed by atoms with E-state index in [1.54, 1.807) is 0 Å². The topological polar surface area (TPSA) is 67.8 Å². The number of hydrogen-bond acceptors (Lipinski definition) is 4. The maximum absolute atomic E-state index is 11.0. The predicted octanol–water partition coefficient (Wildman–Crippen LogP) is 3.93. The van der Waals surface area contributed by atoms with Gasteiger partial charge in [-0.2, -0.15) is 0 Å². The Morgan fingerprint density at radius 2 is 1.70 bits per heavy atom. The van der Waals surface area contributed by atoms with Gasteiger partial charge in [0, 0.05) is 12.6 Å². The second kappa shape index (κ2) is 8.01. The number of rotatable bonds is 5. The number of para-hydroxylation sites is 2. The van der Waals surface area contributed by atoms with Gasteiger partial charge in [-0.25, -0.2) is 0 Å². The molecule has 0 spiro atoms. The highest BCUT2D eigenvalue weighted by molar-refractivity contribution is 5.70. The molecular weight excluding hydrogens is 342 g/mol. The second-order valence-corrected chi connectivity index (χ2v) is 7.37. The fraction of sp³-hybridized carbons (Fsp3) is 0.409. The molecule has 1 aliphatic carbocycles. The Kier molecular flexibility index (Phi) is 5.30. The molecule has 1 saturated carbocycles. The molecule has 1 atom stereocenters. The van der Waals surface area contributed by atoms with Crippen molar-refractivity contribution in [3.8, 4) is 11.5 Å². The number of ether oxygens (including phenoxy) is 2. The number of carbonyl (C=O) groups is 1. The van der Waals surface area contributed by atoms with Crippen molar-refractivity contribution in [1.29, 1.82) is 0 Å². The van der Waals surface area contributed by atoms with Crippen LogP contribution in [-0.2, 0) is 11.3 Å². The van der Waals surface area contributed by atoms with Gasteiger partial charge in [-0.05, 0) is 48.9 Å². The second-order valence-electron chi connectivity index (χ2n) is 7.37. The van der Waals surface area contributed by atoms with Crippen molar-refractivity contribution in [1.82, 2.24) is 5.32 Å². The summed E-state index contributed by atoms with van der Waals surface area (Å²) < 4.78 is 11.8. The molecule has 1 heterocycles. The van der Waals surface area contributed by atoms with E-state index in [1.165, 1.54) is 5.56 Å². The number of hydrogen-bond donors (Lipinski definition) is 2. The fourth-order valence-electron chi connectivity index (χ4n) is 3.84. The van der Waals surface area contributed by atoms with Gasteiger partial charge < -0.3 is 19.9 Å². The minimum Gasteiger partial charge on any atom is -0.485 e. The molecule has 2 aromatic carbocycles. The Labute approximate surface area is 159 Å². The van der Waals surface area contributed by atoms with Crippen LogP contribution in [0.2, 0.25) is 0 Å². The zero-order valence-corrected chi connectivity index (χ0v) is 15.3. The number of carboxylic acids is 1. The molecular formula is C22H25NO4. The van der Waals surface area contributed by atoms with Crippen LogP contribution in [0.25, 0.3) is 0 Å². The van der Waals surface area contributed by atoms with Gasteiger partial charge in [0.05, 0.1) is 5.92 Å². The normalized spacial score (nSPS) is 24.4. The first kappa shape index (κ1) is 17.9. The Morgan fingerprint density at radius 3 is 2.41 bits per heavy atom. The quantitative estimate of drug-likeness (QED) is 0.838. The Bertz CT molecular complexity index is 781. The average Bonchev–Trinajstić information content (AvgIpc) is 2.72. The lowest BCUT2D eigenvalue weighted by atomic mass is 9.86. The van der Waals surface area contributed by atoms with Gasteiger partial charge in [0.15, 0.2) is 17.6 Å². The molecule has 0 radical (unpaired) electrons. The maximum atomic E-state index is 11.0. The summed E-state index contributed by atoms with van der Waals surface area (Å²) in [5, 5.41) is 12.6. The van der Waals surface area contributed by atoms with Crippen molar-refractivity contribution in [3.63, 3.8) is 0 Å². The molecule has 4 rings (SSSR count). The van der Waals surface area contributed by atoms with Crippen LogP contribution in [0.1, 0.15) is 42.9 Å². The summed E-state index contributed by atoms with van der Waals surface area (Å²) >= 11 is 0. The van der Waals surface area contributed by atoms with Crippen LogP contribution in [0.15, 0.2) is 48.5 Å². The van der Waals surface area contributed by atoms with Crippen LogP contribution in [0.4, 0.5) is 0 Å². The van der Waals surface area contributed by atoms with Crippen LogP contribution in [0.5, 0.6) is 11.5 Å². The van der Waals surface area contributed by atoms with Crippen LogP contribution in [0, 0.1) is 5.92 Å². The van der Waals surface area contributed by atoms with Crippen LogP contribution >= 0.6 is 0 Å². The van der Waals surface area contributed by atoms with E-state index >= 15 is 0 Å². The largest absolute Gasteiger partial charge is 0.485 e. The molecule has 0 bridgehead atoms. The predicted molar refractivity (Wildman–Crippen MR) is 102 cm³/mol. The number of aliphatic carboxylic acids is 1. The van der Waals surface area contributed by atoms with E-state index in [9.17, 15) is 4.79 Å². The van der Waals surface area contributed by atoms with Gasteiger partial charge in [-0.3, -0.25) is 4.79 Å². The zero-order chi connectivity index (χ0) is 18.6. The Morgan fingerprint density at radius 1 is 1.00 bits per heavy atom. The van der Waals surface area contributed by atoms with E-state index < -0.39 is 5.97 Å². The summed E-state index contributed by atoms with van der Waals surface area (Å²) in [6.45, 7) is 1.31. The van der Waals surface area contributed by atoms with Crippen LogP contribution < -0.4 is 14.8 Å². The average molecular weight is 367 g/mol. The zero-order valence-electron chi connectivity index (χ0n) is 15.3. The molecule has 5 nitrogen and oxygen atoms in total. The summed E-state index contributed by atoms with van der Waals surface area (Å²) in [4.78, 5) is 11.0. The van der Waals surface area contributed by atoms with Crippen molar-refractivity contribution in [2.75, 3.05) is 6.61 Å². The third-order valence-electron chi connectivity index (χ3n) is 5.53. The van der Waals surface area contributed by atoms with Gasteiger partial charge in [0.25, 0.3) is 0 Å². The lowest BCUT2D eigenvalue weighted by Gasteiger charge is -2.27. The molecule has 0 unspecified atom stereocenters. The van der Waals surface area contributed by atoms with E-state index in [2.05, 4.69) is 29.6 Å². The minimum absolute atomic E-state index is 0.0896. The summed E-state index contributed by atoms with van der Waals surface area (Å²) in [6, 6.07) is 16.6. The van der Waals surface area contributed by atoms with Gasteiger partial charge in [0.2, 0.25) is 0 Å². The Hall–Kier alpha value is -2.53. The van der Waals surface area contributed by atoms with Crippen LogP contribution in [-0.4, -0.2) is 23.7 Å². The van der Waals surface area contributed by atoms with Crippen molar-refractivity contribution in [2.24, 2.45) is 5.92 Å². The first-order chi connectivity index (χ1) is 13.2. The van der Waals surface area contributed by atoms with Crippen molar-refractivity contribution in [2.45, 2.75) is 44.4 Å². The molecule has 27 heavy (non-hydrogen) atoms. The lowest BCUT2D eigenvalue weighted by molar-refractivity contribution is -0.142. The molecule has 1 aliphatic heterocycles. The van der Waals surface area contributed by atoms with E-state index in [0.29, 0.717) is 12.6 Å². The lowest BCUT2D eigenvalue weighted by Crippen LogP contribution is -2.34. The van der Waals surface area contributed by atoms with Crippen LogP contribution in [0.3, 0.4) is 0 Å².